The highest BCUT2D eigenvalue weighted by Crippen LogP contribution is 2.30. The molecule has 1 aliphatic heterocycles. The maximum Gasteiger partial charge on any atom is 0.342 e. The van der Waals surface area contributed by atoms with Crippen LogP contribution in [0.1, 0.15) is 32.7 Å². The third-order valence-electron chi connectivity index (χ3n) is 2.75. The molecule has 2 heterocycles. The molecule has 2 N–H and O–H groups in total. The lowest BCUT2D eigenvalue weighted by Crippen LogP contribution is -2.37. The van der Waals surface area contributed by atoms with E-state index >= 15 is 0 Å². The highest BCUT2D eigenvalue weighted by atomic mass is 32.1. The average molecular weight is 229 g/mol. The summed E-state index contributed by atoms with van der Waals surface area (Å²) < 4.78 is 7.68. The molecule has 0 aromatic carbocycles. The molecule has 1 atom stereocenters. The van der Waals surface area contributed by atoms with Gasteiger partial charge in [0.2, 0.25) is 0 Å². The molecule has 5 nitrogen and oxygen atoms in total. The maximum absolute atomic E-state index is 11.5. The minimum atomic E-state index is -0.179. The number of H-pyrrole nitrogens is 2. The Kier molecular flexibility index (Phi) is 2.56. The number of nitrogens with zero attached hydrogens (tertiary/aromatic N) is 1. The Morgan fingerprint density at radius 2 is 2.27 bits per heavy atom. The van der Waals surface area contributed by atoms with E-state index in [0.717, 1.165) is 12.8 Å². The second-order valence-electron chi connectivity index (χ2n) is 4.49. The van der Waals surface area contributed by atoms with Crippen LogP contribution < -0.4 is 5.69 Å². The highest BCUT2D eigenvalue weighted by molar-refractivity contribution is 7.71. The van der Waals surface area contributed by atoms with Crippen molar-refractivity contribution in [1.29, 1.82) is 0 Å². The summed E-state index contributed by atoms with van der Waals surface area (Å²) in [5, 5.41) is 5.16. The zero-order valence-corrected chi connectivity index (χ0v) is 9.69. The minimum absolute atomic E-state index is 0.135. The maximum atomic E-state index is 11.5. The lowest BCUT2D eigenvalue weighted by Gasteiger charge is -2.35. The second-order valence-corrected chi connectivity index (χ2v) is 4.87. The molecular weight excluding hydrogens is 214 g/mol. The molecule has 15 heavy (non-hydrogen) atoms. The number of hydrogen-bond donors (Lipinski definition) is 2. The first kappa shape index (κ1) is 10.6. The number of rotatable bonds is 1. The highest BCUT2D eigenvalue weighted by Gasteiger charge is 2.30. The Morgan fingerprint density at radius 3 is 2.80 bits per heavy atom. The number of aromatic amines is 2. The van der Waals surface area contributed by atoms with Gasteiger partial charge < -0.3 is 4.74 Å². The van der Waals surface area contributed by atoms with Gasteiger partial charge in [-0.15, -0.1) is 0 Å². The quantitative estimate of drug-likeness (QED) is 0.715. The third-order valence-corrected chi connectivity index (χ3v) is 3.05. The van der Waals surface area contributed by atoms with Crippen LogP contribution in [0, 0.1) is 4.77 Å². The summed E-state index contributed by atoms with van der Waals surface area (Å²) in [4.78, 5) is 11.5. The number of hydrogen-bond acceptors (Lipinski definition) is 3. The lowest BCUT2D eigenvalue weighted by atomic mass is 9.94. The van der Waals surface area contributed by atoms with Gasteiger partial charge in [-0.2, -0.15) is 0 Å². The Hall–Kier alpha value is -0.880. The first-order valence-corrected chi connectivity index (χ1v) is 5.43. The molecule has 0 bridgehead atoms. The summed E-state index contributed by atoms with van der Waals surface area (Å²) in [7, 11) is 0. The van der Waals surface area contributed by atoms with E-state index < -0.39 is 0 Å². The van der Waals surface area contributed by atoms with E-state index in [0.29, 0.717) is 11.4 Å². The summed E-state index contributed by atoms with van der Waals surface area (Å²) in [6.07, 6.45) is 1.64. The van der Waals surface area contributed by atoms with Gasteiger partial charge in [-0.05, 0) is 38.9 Å². The largest absolute Gasteiger partial charge is 0.375 e. The van der Waals surface area contributed by atoms with Gasteiger partial charge in [0.15, 0.2) is 4.77 Å². The van der Waals surface area contributed by atoms with E-state index in [1.165, 1.54) is 0 Å². The van der Waals surface area contributed by atoms with Gasteiger partial charge in [-0.25, -0.2) is 9.89 Å². The summed E-state index contributed by atoms with van der Waals surface area (Å²) in [5.41, 5.74) is -0.343. The van der Waals surface area contributed by atoms with Crippen LogP contribution in [0.3, 0.4) is 0 Å². The van der Waals surface area contributed by atoms with Gasteiger partial charge in [0.1, 0.15) is 0 Å². The fourth-order valence-electron chi connectivity index (χ4n) is 2.07. The number of ether oxygens (including phenoxy) is 1. The predicted molar refractivity (Wildman–Crippen MR) is 58.5 cm³/mol. The lowest BCUT2D eigenvalue weighted by molar-refractivity contribution is -0.0697. The van der Waals surface area contributed by atoms with E-state index in [2.05, 4.69) is 10.2 Å². The van der Waals surface area contributed by atoms with Gasteiger partial charge in [-0.1, -0.05) is 0 Å². The van der Waals surface area contributed by atoms with E-state index in [4.69, 9.17) is 17.0 Å². The molecule has 0 amide bonds. The molecule has 6 heteroatoms. The average Bonchev–Trinajstić information content (AvgIpc) is 2.44. The van der Waals surface area contributed by atoms with E-state index in [-0.39, 0.29) is 17.3 Å². The van der Waals surface area contributed by atoms with Crippen LogP contribution in [-0.4, -0.2) is 27.0 Å². The van der Waals surface area contributed by atoms with E-state index in [9.17, 15) is 4.79 Å². The molecule has 0 saturated carbocycles. The second kappa shape index (κ2) is 3.61. The SMILES string of the molecule is CC1(C)CC(n2c(=O)[nH][nH]c2=S)CCO1. The molecule has 1 saturated heterocycles. The third kappa shape index (κ3) is 2.05. The van der Waals surface area contributed by atoms with Crippen molar-refractivity contribution in [2.24, 2.45) is 0 Å². The van der Waals surface area contributed by atoms with Crippen LogP contribution in [0.15, 0.2) is 4.79 Å². The van der Waals surface area contributed by atoms with Crippen molar-refractivity contribution in [2.75, 3.05) is 6.61 Å². The molecule has 84 valence electrons. The molecule has 1 aromatic rings. The van der Waals surface area contributed by atoms with Gasteiger partial charge in [0, 0.05) is 12.6 Å². The Morgan fingerprint density at radius 1 is 1.53 bits per heavy atom. The summed E-state index contributed by atoms with van der Waals surface area (Å²) in [5.74, 6) is 0. The van der Waals surface area contributed by atoms with Crippen molar-refractivity contribution in [1.82, 2.24) is 14.8 Å². The molecule has 0 aliphatic carbocycles. The topological polar surface area (TPSA) is 62.8 Å². The molecule has 2 rings (SSSR count). The fraction of sp³-hybridized carbons (Fsp3) is 0.778. The van der Waals surface area contributed by atoms with Crippen LogP contribution >= 0.6 is 12.2 Å². The fourth-order valence-corrected chi connectivity index (χ4v) is 2.35. The van der Waals surface area contributed by atoms with Crippen LogP contribution in [0.25, 0.3) is 0 Å². The van der Waals surface area contributed by atoms with Crippen LogP contribution in [-0.2, 0) is 4.74 Å². The molecular formula is C9H15N3O2S. The standard InChI is InChI=1S/C9H15N3O2S/c1-9(2)5-6(3-4-14-9)12-7(13)10-11-8(12)15/h6H,3-5H2,1-2H3,(H,10,13)(H,11,15). The molecule has 1 unspecified atom stereocenters. The van der Waals surface area contributed by atoms with Crippen molar-refractivity contribution in [3.05, 3.63) is 15.3 Å². The van der Waals surface area contributed by atoms with Crippen molar-refractivity contribution >= 4 is 12.2 Å². The monoisotopic (exact) mass is 229 g/mol. The van der Waals surface area contributed by atoms with Gasteiger partial charge in [0.25, 0.3) is 0 Å². The zero-order chi connectivity index (χ0) is 11.1. The minimum Gasteiger partial charge on any atom is -0.375 e. The van der Waals surface area contributed by atoms with Crippen molar-refractivity contribution in [2.45, 2.75) is 38.3 Å². The van der Waals surface area contributed by atoms with Crippen molar-refractivity contribution < 1.29 is 4.74 Å². The smallest absolute Gasteiger partial charge is 0.342 e. The van der Waals surface area contributed by atoms with Crippen molar-refractivity contribution in [3.8, 4) is 0 Å². The van der Waals surface area contributed by atoms with Crippen LogP contribution in [0.2, 0.25) is 0 Å². The molecule has 0 radical (unpaired) electrons. The normalized spacial score (nSPS) is 25.3. The van der Waals surface area contributed by atoms with Crippen LogP contribution in [0.5, 0.6) is 0 Å². The van der Waals surface area contributed by atoms with E-state index in [1.807, 2.05) is 13.8 Å². The van der Waals surface area contributed by atoms with Crippen molar-refractivity contribution in [3.63, 3.8) is 0 Å². The van der Waals surface area contributed by atoms with Gasteiger partial charge in [-0.3, -0.25) is 9.67 Å². The molecule has 1 fully saturated rings. The summed E-state index contributed by atoms with van der Waals surface area (Å²) in [6, 6.07) is 0.135. The summed E-state index contributed by atoms with van der Waals surface area (Å²) in [6.45, 7) is 4.73. The zero-order valence-electron chi connectivity index (χ0n) is 8.87. The number of nitrogens with one attached hydrogen (secondary N) is 2. The first-order valence-electron chi connectivity index (χ1n) is 5.03. The Labute approximate surface area is 92.4 Å². The molecule has 0 spiro atoms. The molecule has 1 aliphatic rings. The Balaban J connectivity index is 2.32. The molecule has 1 aromatic heterocycles. The Bertz CT molecular complexity index is 429. The van der Waals surface area contributed by atoms with Gasteiger partial charge in [0.05, 0.1) is 5.60 Å². The van der Waals surface area contributed by atoms with Gasteiger partial charge >= 0.3 is 5.69 Å². The summed E-state index contributed by atoms with van der Waals surface area (Å²) >= 11 is 5.06. The number of aromatic nitrogens is 3. The van der Waals surface area contributed by atoms with E-state index in [1.54, 1.807) is 4.57 Å². The van der Waals surface area contributed by atoms with Crippen LogP contribution in [0.4, 0.5) is 0 Å². The first-order chi connectivity index (χ1) is 6.99. The predicted octanol–water partition coefficient (Wildman–Crippen LogP) is 1.36.